The van der Waals surface area contributed by atoms with Crippen LogP contribution in [0.25, 0.3) is 0 Å². The van der Waals surface area contributed by atoms with Crippen LogP contribution in [0.5, 0.6) is 0 Å². The molecule has 3 rings (SSSR count). The van der Waals surface area contributed by atoms with Crippen LogP contribution in [-0.4, -0.2) is 29.1 Å². The molecule has 0 saturated carbocycles. The Hall–Kier alpha value is -2.08. The number of thioether (sulfide) groups is 1. The summed E-state index contributed by atoms with van der Waals surface area (Å²) in [5.41, 5.74) is 0.861. The first-order chi connectivity index (χ1) is 10.2. The van der Waals surface area contributed by atoms with Gasteiger partial charge in [0.05, 0.1) is 12.8 Å². The number of amidine groups is 1. The van der Waals surface area contributed by atoms with E-state index in [1.165, 1.54) is 30.2 Å². The second kappa shape index (κ2) is 6.13. The van der Waals surface area contributed by atoms with Gasteiger partial charge >= 0.3 is 0 Å². The molecule has 0 unspecified atom stereocenters. The Morgan fingerprint density at radius 3 is 3.05 bits per heavy atom. The quantitative estimate of drug-likeness (QED) is 0.875. The number of carbonyl (C=O) groups excluding carboxylic acids is 1. The molecule has 0 aliphatic carbocycles. The van der Waals surface area contributed by atoms with Crippen LogP contribution in [0.2, 0.25) is 0 Å². The fourth-order valence-electron chi connectivity index (χ4n) is 2.05. The second-order valence-corrected chi connectivity index (χ2v) is 5.46. The summed E-state index contributed by atoms with van der Waals surface area (Å²) in [6.45, 7) is 1.13. The number of aliphatic imine (C=N–C) groups is 1. The Kier molecular flexibility index (Phi) is 4.06. The van der Waals surface area contributed by atoms with Gasteiger partial charge in [0.2, 0.25) is 0 Å². The van der Waals surface area contributed by atoms with Crippen molar-refractivity contribution in [2.45, 2.75) is 5.75 Å². The van der Waals surface area contributed by atoms with E-state index in [4.69, 9.17) is 4.42 Å². The maximum atomic E-state index is 13.1. The summed E-state index contributed by atoms with van der Waals surface area (Å²) in [4.78, 5) is 18.2. The van der Waals surface area contributed by atoms with Crippen LogP contribution in [0, 0.1) is 5.82 Å². The van der Waals surface area contributed by atoms with Gasteiger partial charge in [-0.3, -0.25) is 14.7 Å². The normalized spacial score (nSPS) is 14.3. The van der Waals surface area contributed by atoms with Crippen LogP contribution in [0.4, 0.5) is 4.39 Å². The van der Waals surface area contributed by atoms with Crippen molar-refractivity contribution < 1.29 is 13.6 Å². The lowest BCUT2D eigenvalue weighted by atomic mass is 10.2. The van der Waals surface area contributed by atoms with Crippen molar-refractivity contribution in [3.63, 3.8) is 0 Å². The lowest BCUT2D eigenvalue weighted by Crippen LogP contribution is -2.32. The van der Waals surface area contributed by atoms with Crippen molar-refractivity contribution >= 4 is 22.8 Å². The van der Waals surface area contributed by atoms with Crippen LogP contribution in [-0.2, 0) is 5.75 Å². The van der Waals surface area contributed by atoms with Gasteiger partial charge in [0.15, 0.2) is 10.9 Å². The molecule has 0 fully saturated rings. The van der Waals surface area contributed by atoms with E-state index in [2.05, 4.69) is 4.99 Å². The van der Waals surface area contributed by atoms with Crippen molar-refractivity contribution in [2.75, 3.05) is 13.1 Å². The van der Waals surface area contributed by atoms with Gasteiger partial charge in [0, 0.05) is 12.3 Å². The molecule has 1 aliphatic rings. The van der Waals surface area contributed by atoms with Crippen LogP contribution in [0.3, 0.4) is 0 Å². The first-order valence-electron chi connectivity index (χ1n) is 6.51. The number of hydrogen-bond acceptors (Lipinski definition) is 4. The fraction of sp³-hybridized carbons (Fsp3) is 0.200. The molecule has 6 heteroatoms. The van der Waals surface area contributed by atoms with E-state index in [0.717, 1.165) is 5.56 Å². The Labute approximate surface area is 125 Å². The van der Waals surface area contributed by atoms with Gasteiger partial charge in [-0.05, 0) is 29.8 Å². The van der Waals surface area contributed by atoms with E-state index >= 15 is 0 Å². The molecule has 0 bridgehead atoms. The molecule has 108 valence electrons. The summed E-state index contributed by atoms with van der Waals surface area (Å²) in [6, 6.07) is 9.74. The Morgan fingerprint density at radius 1 is 1.38 bits per heavy atom. The van der Waals surface area contributed by atoms with Gasteiger partial charge in [-0.1, -0.05) is 23.9 Å². The summed E-state index contributed by atoms with van der Waals surface area (Å²) in [5, 5.41) is 0.653. The zero-order chi connectivity index (χ0) is 14.7. The van der Waals surface area contributed by atoms with Crippen LogP contribution < -0.4 is 0 Å². The predicted molar refractivity (Wildman–Crippen MR) is 79.7 cm³/mol. The van der Waals surface area contributed by atoms with E-state index in [1.807, 2.05) is 6.07 Å². The summed E-state index contributed by atoms with van der Waals surface area (Å²) in [5.74, 6) is 0.419. The minimum absolute atomic E-state index is 0.192. The highest BCUT2D eigenvalue weighted by Crippen LogP contribution is 2.21. The molecule has 21 heavy (non-hydrogen) atoms. The number of amides is 1. The van der Waals surface area contributed by atoms with Crippen molar-refractivity contribution in [1.29, 1.82) is 0 Å². The smallest absolute Gasteiger partial charge is 0.295 e. The van der Waals surface area contributed by atoms with Crippen LogP contribution >= 0.6 is 11.8 Å². The first kappa shape index (κ1) is 13.9. The van der Waals surface area contributed by atoms with Crippen LogP contribution in [0.15, 0.2) is 52.1 Å². The highest BCUT2D eigenvalue weighted by molar-refractivity contribution is 8.13. The molecule has 0 radical (unpaired) electrons. The molecule has 4 nitrogen and oxygen atoms in total. The van der Waals surface area contributed by atoms with E-state index in [1.54, 1.807) is 23.1 Å². The first-order valence-corrected chi connectivity index (χ1v) is 7.49. The average Bonchev–Trinajstić information content (AvgIpc) is 3.16. The topological polar surface area (TPSA) is 45.8 Å². The molecule has 1 aliphatic heterocycles. The third-order valence-corrected chi connectivity index (χ3v) is 4.12. The van der Waals surface area contributed by atoms with Gasteiger partial charge in [-0.15, -0.1) is 0 Å². The minimum atomic E-state index is -0.259. The summed E-state index contributed by atoms with van der Waals surface area (Å²) < 4.78 is 18.3. The largest absolute Gasteiger partial charge is 0.459 e. The van der Waals surface area contributed by atoms with Gasteiger partial charge in [0.1, 0.15) is 5.82 Å². The minimum Gasteiger partial charge on any atom is -0.459 e. The summed E-state index contributed by atoms with van der Waals surface area (Å²) in [6.07, 6.45) is 1.47. The van der Waals surface area contributed by atoms with E-state index < -0.39 is 0 Å². The Bertz CT molecular complexity index is 670. The van der Waals surface area contributed by atoms with Crippen molar-refractivity contribution in [3.05, 3.63) is 59.8 Å². The number of nitrogens with zero attached hydrogens (tertiary/aromatic N) is 2. The average molecular weight is 304 g/mol. The lowest BCUT2D eigenvalue weighted by Gasteiger charge is -2.16. The molecule has 0 spiro atoms. The second-order valence-electron chi connectivity index (χ2n) is 4.52. The number of carbonyl (C=O) groups is 1. The maximum Gasteiger partial charge on any atom is 0.295 e. The van der Waals surface area contributed by atoms with Crippen molar-refractivity contribution in [3.8, 4) is 0 Å². The van der Waals surface area contributed by atoms with Crippen LogP contribution in [0.1, 0.15) is 16.1 Å². The third-order valence-electron chi connectivity index (χ3n) is 3.04. The molecule has 2 aromatic rings. The molecule has 0 atom stereocenters. The van der Waals surface area contributed by atoms with Crippen molar-refractivity contribution in [2.24, 2.45) is 4.99 Å². The molecule has 0 N–H and O–H groups in total. The predicted octanol–water partition coefficient (Wildman–Crippen LogP) is 3.16. The number of hydrogen-bond donors (Lipinski definition) is 0. The molecule has 1 amide bonds. The number of furan rings is 1. The Morgan fingerprint density at radius 2 is 2.29 bits per heavy atom. The van der Waals surface area contributed by atoms with Gasteiger partial charge < -0.3 is 4.42 Å². The molecular formula is C15H13FN2O2S. The fourth-order valence-corrected chi connectivity index (χ4v) is 3.03. The summed E-state index contributed by atoms with van der Waals surface area (Å²) >= 11 is 1.43. The maximum absolute atomic E-state index is 13.1. The van der Waals surface area contributed by atoms with Gasteiger partial charge in [0.25, 0.3) is 5.91 Å². The highest BCUT2D eigenvalue weighted by Gasteiger charge is 2.26. The molecule has 2 heterocycles. The Balaban J connectivity index is 1.66. The molecule has 1 aromatic heterocycles. The van der Waals surface area contributed by atoms with E-state index in [9.17, 15) is 9.18 Å². The zero-order valence-corrected chi connectivity index (χ0v) is 12.0. The number of halogens is 1. The third kappa shape index (κ3) is 3.16. The molecule has 0 saturated heterocycles. The number of rotatable bonds is 3. The van der Waals surface area contributed by atoms with Gasteiger partial charge in [-0.25, -0.2) is 4.39 Å². The number of benzene rings is 1. The standard InChI is InChI=1S/C15H13FN2O2S/c16-12-4-1-3-11(9-12)10-21-15-17-6-7-18(15)14(19)13-5-2-8-20-13/h1-5,8-9H,6-7,10H2. The van der Waals surface area contributed by atoms with E-state index in [0.29, 0.717) is 29.8 Å². The lowest BCUT2D eigenvalue weighted by molar-refractivity contribution is 0.0830. The zero-order valence-electron chi connectivity index (χ0n) is 11.2. The highest BCUT2D eigenvalue weighted by atomic mass is 32.2. The molecular weight excluding hydrogens is 291 g/mol. The molecule has 1 aromatic carbocycles. The summed E-state index contributed by atoms with van der Waals surface area (Å²) in [7, 11) is 0. The van der Waals surface area contributed by atoms with E-state index in [-0.39, 0.29) is 11.7 Å². The monoisotopic (exact) mass is 304 g/mol. The van der Waals surface area contributed by atoms with Gasteiger partial charge in [-0.2, -0.15) is 0 Å². The van der Waals surface area contributed by atoms with Crippen molar-refractivity contribution in [1.82, 2.24) is 4.90 Å². The SMILES string of the molecule is O=C(c1ccco1)N1CCN=C1SCc1cccc(F)c1.